The van der Waals surface area contributed by atoms with E-state index in [4.69, 9.17) is 17.5 Å². The summed E-state index contributed by atoms with van der Waals surface area (Å²) in [4.78, 5) is 1.93. The summed E-state index contributed by atoms with van der Waals surface area (Å²) in [5, 5.41) is 12.7. The maximum absolute atomic E-state index is 8.70. The van der Waals surface area contributed by atoms with E-state index in [1.807, 2.05) is 24.1 Å². The van der Waals surface area contributed by atoms with Crippen molar-refractivity contribution < 1.29 is 0 Å². The van der Waals surface area contributed by atoms with Crippen molar-refractivity contribution in [3.63, 3.8) is 0 Å². The van der Waals surface area contributed by atoms with Crippen LogP contribution in [-0.2, 0) is 0 Å². The highest BCUT2D eigenvalue weighted by Crippen LogP contribution is 2.20. The quantitative estimate of drug-likeness (QED) is 0.791. The fraction of sp³-hybridized carbons (Fsp3) is 0.333. The summed E-state index contributed by atoms with van der Waals surface area (Å²) >= 11 is 5.29. The minimum Gasteiger partial charge on any atom is -0.360 e. The molecule has 0 atom stereocenters. The van der Waals surface area contributed by atoms with Gasteiger partial charge in [0.15, 0.2) is 5.11 Å². The zero-order valence-corrected chi connectivity index (χ0v) is 9.92. The summed E-state index contributed by atoms with van der Waals surface area (Å²) in [6.07, 6.45) is 2.42. The Morgan fingerprint density at radius 3 is 2.56 bits per heavy atom. The van der Waals surface area contributed by atoms with Crippen LogP contribution < -0.4 is 10.2 Å². The summed E-state index contributed by atoms with van der Waals surface area (Å²) in [5.41, 5.74) is 1.66. The first kappa shape index (κ1) is 10.9. The van der Waals surface area contributed by atoms with Gasteiger partial charge in [-0.15, -0.1) is 0 Å². The number of hydrogen-bond acceptors (Lipinski definition) is 2. The molecule has 1 fully saturated rings. The Kier molecular flexibility index (Phi) is 3.07. The Labute approximate surface area is 101 Å². The maximum Gasteiger partial charge on any atom is 0.173 e. The van der Waals surface area contributed by atoms with Crippen molar-refractivity contribution >= 4 is 23.0 Å². The Bertz CT molecular complexity index is 429. The van der Waals surface area contributed by atoms with E-state index in [0.29, 0.717) is 11.6 Å². The average molecular weight is 231 g/mol. The third-order valence-electron chi connectivity index (χ3n) is 2.59. The molecule has 3 nitrogen and oxygen atoms in total. The number of benzene rings is 1. The molecule has 82 valence electrons. The van der Waals surface area contributed by atoms with Gasteiger partial charge in [0.05, 0.1) is 11.6 Å². The standard InChI is InChI=1S/C12H13N3S/c1-15(12(16)14-10-4-5-10)11-6-2-9(8-13)3-7-11/h2-3,6-7,10H,4-5H2,1H3,(H,14,16). The van der Waals surface area contributed by atoms with E-state index in [9.17, 15) is 0 Å². The molecule has 0 unspecified atom stereocenters. The van der Waals surface area contributed by atoms with Crippen molar-refractivity contribution in [1.82, 2.24) is 5.32 Å². The topological polar surface area (TPSA) is 39.1 Å². The first-order chi connectivity index (χ1) is 7.70. The van der Waals surface area contributed by atoms with E-state index < -0.39 is 0 Å². The highest BCUT2D eigenvalue weighted by molar-refractivity contribution is 7.80. The molecule has 1 aliphatic carbocycles. The number of nitriles is 1. The monoisotopic (exact) mass is 231 g/mol. The molecule has 4 heteroatoms. The van der Waals surface area contributed by atoms with E-state index in [2.05, 4.69) is 11.4 Å². The molecule has 2 rings (SSSR count). The molecule has 1 aromatic rings. The lowest BCUT2D eigenvalue weighted by Crippen LogP contribution is -2.38. The molecule has 0 heterocycles. The lowest BCUT2D eigenvalue weighted by atomic mass is 10.2. The molecule has 0 bridgehead atoms. The average Bonchev–Trinajstić information content (AvgIpc) is 3.12. The van der Waals surface area contributed by atoms with Crippen molar-refractivity contribution in [3.05, 3.63) is 29.8 Å². The van der Waals surface area contributed by atoms with Gasteiger partial charge in [-0.3, -0.25) is 0 Å². The predicted octanol–water partition coefficient (Wildman–Crippen LogP) is 2.03. The van der Waals surface area contributed by atoms with Gasteiger partial charge in [0.25, 0.3) is 0 Å². The van der Waals surface area contributed by atoms with Crippen LogP contribution in [0.1, 0.15) is 18.4 Å². The SMILES string of the molecule is CN(C(=S)NC1CC1)c1ccc(C#N)cc1. The van der Waals surface area contributed by atoms with E-state index in [0.717, 1.165) is 10.8 Å². The smallest absolute Gasteiger partial charge is 0.173 e. The number of nitrogens with one attached hydrogen (secondary N) is 1. The number of hydrogen-bond donors (Lipinski definition) is 1. The molecule has 1 N–H and O–H groups in total. The van der Waals surface area contributed by atoms with Crippen molar-refractivity contribution in [1.29, 1.82) is 5.26 Å². The molecule has 1 aromatic carbocycles. The fourth-order valence-electron chi connectivity index (χ4n) is 1.38. The van der Waals surface area contributed by atoms with Crippen LogP contribution in [0.2, 0.25) is 0 Å². The minimum absolute atomic E-state index is 0.563. The summed E-state index contributed by atoms with van der Waals surface area (Å²) < 4.78 is 0. The van der Waals surface area contributed by atoms with E-state index in [-0.39, 0.29) is 0 Å². The summed E-state index contributed by atoms with van der Waals surface area (Å²) in [5.74, 6) is 0. The predicted molar refractivity (Wildman–Crippen MR) is 68.3 cm³/mol. The second kappa shape index (κ2) is 4.50. The molecule has 16 heavy (non-hydrogen) atoms. The highest BCUT2D eigenvalue weighted by Gasteiger charge is 2.23. The van der Waals surface area contributed by atoms with Gasteiger partial charge in [-0.2, -0.15) is 5.26 Å². The zero-order valence-electron chi connectivity index (χ0n) is 9.10. The second-order valence-electron chi connectivity index (χ2n) is 3.94. The van der Waals surface area contributed by atoms with Gasteiger partial charge >= 0.3 is 0 Å². The molecule has 1 aliphatic rings. The van der Waals surface area contributed by atoms with E-state index in [1.54, 1.807) is 12.1 Å². The van der Waals surface area contributed by atoms with Gasteiger partial charge in [0, 0.05) is 18.8 Å². The van der Waals surface area contributed by atoms with Gasteiger partial charge in [-0.25, -0.2) is 0 Å². The van der Waals surface area contributed by atoms with E-state index >= 15 is 0 Å². The van der Waals surface area contributed by atoms with Gasteiger partial charge in [-0.05, 0) is 49.3 Å². The Hall–Kier alpha value is -1.60. The minimum atomic E-state index is 0.563. The molecule has 0 radical (unpaired) electrons. The third kappa shape index (κ3) is 2.50. The summed E-state index contributed by atoms with van der Waals surface area (Å²) in [7, 11) is 1.93. The van der Waals surface area contributed by atoms with Crippen LogP contribution in [0.3, 0.4) is 0 Å². The first-order valence-electron chi connectivity index (χ1n) is 5.25. The second-order valence-corrected chi connectivity index (χ2v) is 4.33. The third-order valence-corrected chi connectivity index (χ3v) is 2.99. The maximum atomic E-state index is 8.70. The zero-order chi connectivity index (χ0) is 11.5. The van der Waals surface area contributed by atoms with Gasteiger partial charge in [0.2, 0.25) is 0 Å². The first-order valence-corrected chi connectivity index (χ1v) is 5.66. The molecule has 0 spiro atoms. The number of thiocarbonyl (C=S) groups is 1. The Balaban J connectivity index is 2.04. The molecular formula is C12H13N3S. The highest BCUT2D eigenvalue weighted by atomic mass is 32.1. The van der Waals surface area contributed by atoms with E-state index in [1.165, 1.54) is 12.8 Å². The van der Waals surface area contributed by atoms with Crippen LogP contribution in [0.25, 0.3) is 0 Å². The van der Waals surface area contributed by atoms with Gasteiger partial charge in [-0.1, -0.05) is 0 Å². The van der Waals surface area contributed by atoms with Crippen LogP contribution in [0.4, 0.5) is 5.69 Å². The van der Waals surface area contributed by atoms with Gasteiger partial charge in [0.1, 0.15) is 0 Å². The fourth-order valence-corrected chi connectivity index (χ4v) is 1.65. The van der Waals surface area contributed by atoms with Crippen LogP contribution >= 0.6 is 12.2 Å². The van der Waals surface area contributed by atoms with Crippen LogP contribution in [0.5, 0.6) is 0 Å². The van der Waals surface area contributed by atoms with Crippen LogP contribution in [0.15, 0.2) is 24.3 Å². The Morgan fingerprint density at radius 1 is 1.44 bits per heavy atom. The Morgan fingerprint density at radius 2 is 2.06 bits per heavy atom. The van der Waals surface area contributed by atoms with Crippen molar-refractivity contribution in [2.45, 2.75) is 18.9 Å². The molecular weight excluding hydrogens is 218 g/mol. The van der Waals surface area contributed by atoms with Crippen molar-refractivity contribution in [2.24, 2.45) is 0 Å². The summed E-state index contributed by atoms with van der Waals surface area (Å²) in [6.45, 7) is 0. The molecule has 0 saturated heterocycles. The van der Waals surface area contributed by atoms with Crippen molar-refractivity contribution in [2.75, 3.05) is 11.9 Å². The molecule has 0 aliphatic heterocycles. The largest absolute Gasteiger partial charge is 0.360 e. The summed E-state index contributed by atoms with van der Waals surface area (Å²) in [6, 6.07) is 10.1. The number of nitrogens with zero attached hydrogens (tertiary/aromatic N) is 2. The molecule has 0 aromatic heterocycles. The van der Waals surface area contributed by atoms with Gasteiger partial charge < -0.3 is 10.2 Å². The molecule has 0 amide bonds. The number of rotatable bonds is 2. The lowest BCUT2D eigenvalue weighted by molar-refractivity contribution is 0.901. The molecule has 1 saturated carbocycles. The normalized spacial score (nSPS) is 14.0. The number of anilines is 1. The van der Waals surface area contributed by atoms with Crippen LogP contribution in [0, 0.1) is 11.3 Å². The lowest BCUT2D eigenvalue weighted by Gasteiger charge is -2.21. The van der Waals surface area contributed by atoms with Crippen LogP contribution in [-0.4, -0.2) is 18.2 Å². The van der Waals surface area contributed by atoms with Crippen molar-refractivity contribution in [3.8, 4) is 6.07 Å².